The van der Waals surface area contributed by atoms with E-state index < -0.39 is 0 Å². The Balaban J connectivity index is 2.72. The molecule has 1 rings (SSSR count). The van der Waals surface area contributed by atoms with E-state index in [1.54, 1.807) is 0 Å². The summed E-state index contributed by atoms with van der Waals surface area (Å²) < 4.78 is 1.08. The average Bonchev–Trinajstić information content (AvgIpc) is 2.39. The molecule has 2 N–H and O–H groups in total. The van der Waals surface area contributed by atoms with Gasteiger partial charge in [-0.3, -0.25) is 4.79 Å². The lowest BCUT2D eigenvalue weighted by atomic mass is 9.94. The quantitative estimate of drug-likeness (QED) is 0.683. The summed E-state index contributed by atoms with van der Waals surface area (Å²) >= 11 is 2.24. The SMILES string of the molecule is Cc1cc(I)cc(C(=O)NCC(CCO)CC(C)C)c1C. The zero-order chi connectivity index (χ0) is 16.0. The predicted molar refractivity (Wildman–Crippen MR) is 95.6 cm³/mol. The van der Waals surface area contributed by atoms with E-state index in [-0.39, 0.29) is 12.5 Å². The molecule has 3 nitrogen and oxygen atoms in total. The minimum absolute atomic E-state index is 0.0131. The van der Waals surface area contributed by atoms with Crippen molar-refractivity contribution in [2.24, 2.45) is 11.8 Å². The highest BCUT2D eigenvalue weighted by molar-refractivity contribution is 14.1. The molecule has 4 heteroatoms. The van der Waals surface area contributed by atoms with Crippen molar-refractivity contribution >= 4 is 28.5 Å². The Bertz CT molecular complexity index is 486. The second-order valence-electron chi connectivity index (χ2n) is 6.11. The lowest BCUT2D eigenvalue weighted by Crippen LogP contribution is -2.31. The second kappa shape index (κ2) is 8.73. The lowest BCUT2D eigenvalue weighted by molar-refractivity contribution is 0.0940. The summed E-state index contributed by atoms with van der Waals surface area (Å²) in [5.74, 6) is 0.893. The molecule has 0 aliphatic heterocycles. The van der Waals surface area contributed by atoms with Gasteiger partial charge in [-0.1, -0.05) is 13.8 Å². The van der Waals surface area contributed by atoms with Gasteiger partial charge in [-0.25, -0.2) is 0 Å². The van der Waals surface area contributed by atoms with Gasteiger partial charge in [-0.15, -0.1) is 0 Å². The molecule has 0 saturated carbocycles. The van der Waals surface area contributed by atoms with Crippen LogP contribution in [0.3, 0.4) is 0 Å². The first-order valence-electron chi connectivity index (χ1n) is 7.51. The number of rotatable bonds is 7. The zero-order valence-corrected chi connectivity index (χ0v) is 15.5. The van der Waals surface area contributed by atoms with Crippen LogP contribution in [0.25, 0.3) is 0 Å². The van der Waals surface area contributed by atoms with Crippen LogP contribution in [0.15, 0.2) is 12.1 Å². The average molecular weight is 403 g/mol. The largest absolute Gasteiger partial charge is 0.396 e. The molecular weight excluding hydrogens is 377 g/mol. The molecule has 1 aromatic carbocycles. The highest BCUT2D eigenvalue weighted by atomic mass is 127. The molecule has 1 aromatic rings. The highest BCUT2D eigenvalue weighted by Crippen LogP contribution is 2.19. The minimum atomic E-state index is -0.0131. The van der Waals surface area contributed by atoms with Gasteiger partial charge in [0.25, 0.3) is 5.91 Å². The summed E-state index contributed by atoms with van der Waals surface area (Å²) in [4.78, 5) is 12.4. The summed E-state index contributed by atoms with van der Waals surface area (Å²) in [6, 6.07) is 4.02. The number of nitrogens with one attached hydrogen (secondary N) is 1. The van der Waals surface area contributed by atoms with Crippen molar-refractivity contribution in [3.8, 4) is 0 Å². The number of amides is 1. The third kappa shape index (κ3) is 5.94. The number of hydrogen-bond donors (Lipinski definition) is 2. The van der Waals surface area contributed by atoms with E-state index in [2.05, 4.69) is 47.8 Å². The Morgan fingerprint density at radius 2 is 2.00 bits per heavy atom. The normalized spacial score (nSPS) is 12.5. The molecule has 21 heavy (non-hydrogen) atoms. The fourth-order valence-corrected chi connectivity index (χ4v) is 3.31. The maximum atomic E-state index is 12.4. The third-order valence-electron chi connectivity index (χ3n) is 3.77. The number of hydrogen-bond acceptors (Lipinski definition) is 2. The standard InChI is InChI=1S/C17H26INO2/c1-11(2)7-14(5-6-20)10-19-17(21)16-9-15(18)8-12(3)13(16)4/h8-9,11,14,20H,5-7,10H2,1-4H3,(H,19,21). The number of benzene rings is 1. The van der Waals surface area contributed by atoms with Crippen LogP contribution in [0.5, 0.6) is 0 Å². The summed E-state index contributed by atoms with van der Waals surface area (Å²) in [6.45, 7) is 9.15. The molecule has 0 saturated heterocycles. The van der Waals surface area contributed by atoms with E-state index in [0.717, 1.165) is 33.1 Å². The van der Waals surface area contributed by atoms with Crippen molar-refractivity contribution in [1.29, 1.82) is 0 Å². The van der Waals surface area contributed by atoms with Gasteiger partial charge in [0.05, 0.1) is 0 Å². The molecule has 1 atom stereocenters. The Kier molecular flexibility index (Phi) is 7.66. The van der Waals surface area contributed by atoms with E-state index in [1.165, 1.54) is 0 Å². The first-order valence-corrected chi connectivity index (χ1v) is 8.58. The molecule has 0 fully saturated rings. The molecule has 0 bridgehead atoms. The van der Waals surface area contributed by atoms with Crippen LogP contribution >= 0.6 is 22.6 Å². The number of carbonyl (C=O) groups excluding carboxylic acids is 1. The van der Waals surface area contributed by atoms with Gasteiger partial charge < -0.3 is 10.4 Å². The van der Waals surface area contributed by atoms with Crippen LogP contribution in [0.4, 0.5) is 0 Å². The van der Waals surface area contributed by atoms with Gasteiger partial charge >= 0.3 is 0 Å². The first-order chi connectivity index (χ1) is 9.85. The number of aliphatic hydroxyl groups excluding tert-OH is 1. The number of aryl methyl sites for hydroxylation is 1. The number of halogens is 1. The summed E-state index contributed by atoms with van der Waals surface area (Å²) in [7, 11) is 0. The van der Waals surface area contributed by atoms with Crippen molar-refractivity contribution in [3.63, 3.8) is 0 Å². The Morgan fingerprint density at radius 1 is 1.33 bits per heavy atom. The summed E-state index contributed by atoms with van der Waals surface area (Å²) in [5, 5.41) is 12.2. The molecule has 0 heterocycles. The Morgan fingerprint density at radius 3 is 2.57 bits per heavy atom. The van der Waals surface area contributed by atoms with E-state index in [1.807, 2.05) is 19.9 Å². The van der Waals surface area contributed by atoms with Crippen molar-refractivity contribution in [1.82, 2.24) is 5.32 Å². The first kappa shape index (κ1) is 18.4. The molecule has 0 spiro atoms. The van der Waals surface area contributed by atoms with Crippen LogP contribution in [0.1, 0.15) is 48.2 Å². The molecule has 0 aliphatic carbocycles. The smallest absolute Gasteiger partial charge is 0.251 e. The maximum Gasteiger partial charge on any atom is 0.251 e. The molecule has 1 amide bonds. The topological polar surface area (TPSA) is 49.3 Å². The van der Waals surface area contributed by atoms with Gasteiger partial charge in [0, 0.05) is 22.3 Å². The van der Waals surface area contributed by atoms with Gasteiger partial charge in [0.1, 0.15) is 0 Å². The van der Waals surface area contributed by atoms with Crippen molar-refractivity contribution < 1.29 is 9.90 Å². The molecule has 0 radical (unpaired) electrons. The van der Waals surface area contributed by atoms with E-state index in [0.29, 0.717) is 18.4 Å². The van der Waals surface area contributed by atoms with Gasteiger partial charge in [-0.05, 0) is 84.4 Å². The van der Waals surface area contributed by atoms with Crippen molar-refractivity contribution in [2.75, 3.05) is 13.2 Å². The number of carbonyl (C=O) groups is 1. The predicted octanol–water partition coefficient (Wildman–Crippen LogP) is 3.68. The summed E-state index contributed by atoms with van der Waals surface area (Å²) in [6.07, 6.45) is 1.76. The highest BCUT2D eigenvalue weighted by Gasteiger charge is 2.15. The third-order valence-corrected chi connectivity index (χ3v) is 4.39. The fourth-order valence-electron chi connectivity index (χ4n) is 2.54. The molecule has 1 unspecified atom stereocenters. The summed E-state index contributed by atoms with van der Waals surface area (Å²) in [5.41, 5.74) is 2.93. The van der Waals surface area contributed by atoms with Crippen LogP contribution < -0.4 is 5.32 Å². The molecule has 118 valence electrons. The van der Waals surface area contributed by atoms with Crippen molar-refractivity contribution in [2.45, 2.75) is 40.5 Å². The van der Waals surface area contributed by atoms with Gasteiger partial charge in [0.2, 0.25) is 0 Å². The zero-order valence-electron chi connectivity index (χ0n) is 13.4. The van der Waals surface area contributed by atoms with Crippen molar-refractivity contribution in [3.05, 3.63) is 32.4 Å². The molecule has 0 aromatic heterocycles. The van der Waals surface area contributed by atoms with E-state index in [9.17, 15) is 4.79 Å². The minimum Gasteiger partial charge on any atom is -0.396 e. The van der Waals surface area contributed by atoms with Crippen LogP contribution in [0, 0.1) is 29.3 Å². The van der Waals surface area contributed by atoms with Crippen LogP contribution in [-0.2, 0) is 0 Å². The van der Waals surface area contributed by atoms with E-state index in [4.69, 9.17) is 5.11 Å². The second-order valence-corrected chi connectivity index (χ2v) is 7.36. The lowest BCUT2D eigenvalue weighted by Gasteiger charge is -2.19. The van der Waals surface area contributed by atoms with Crippen LogP contribution in [-0.4, -0.2) is 24.2 Å². The monoisotopic (exact) mass is 403 g/mol. The Hall–Kier alpha value is -0.620. The Labute approximate surface area is 141 Å². The molecular formula is C17H26INO2. The fraction of sp³-hybridized carbons (Fsp3) is 0.588. The van der Waals surface area contributed by atoms with Crippen LogP contribution in [0.2, 0.25) is 0 Å². The maximum absolute atomic E-state index is 12.4. The van der Waals surface area contributed by atoms with E-state index >= 15 is 0 Å². The number of aliphatic hydroxyl groups is 1. The molecule has 0 aliphatic rings. The van der Waals surface area contributed by atoms with Gasteiger partial charge in [-0.2, -0.15) is 0 Å². The van der Waals surface area contributed by atoms with Gasteiger partial charge in [0.15, 0.2) is 0 Å².